The summed E-state index contributed by atoms with van der Waals surface area (Å²) in [5.41, 5.74) is 1.92. The average molecular weight is 420 g/mol. The SMILES string of the molecule is COCCN1C(=O)S/C(=C/c2cccc(OCc3cccc4ccccc34)c2)C1=O. The summed E-state index contributed by atoms with van der Waals surface area (Å²) in [6.07, 6.45) is 1.72. The third-order valence-electron chi connectivity index (χ3n) is 4.82. The number of benzene rings is 3. The first-order chi connectivity index (χ1) is 14.7. The molecule has 1 saturated heterocycles. The molecule has 152 valence electrons. The van der Waals surface area contributed by atoms with Gasteiger partial charge in [-0.1, -0.05) is 54.6 Å². The van der Waals surface area contributed by atoms with E-state index in [1.165, 1.54) is 15.7 Å². The van der Waals surface area contributed by atoms with Crippen LogP contribution in [0.2, 0.25) is 0 Å². The van der Waals surface area contributed by atoms with Crippen molar-refractivity contribution in [1.29, 1.82) is 0 Å². The van der Waals surface area contributed by atoms with Crippen LogP contribution in [0.3, 0.4) is 0 Å². The highest BCUT2D eigenvalue weighted by molar-refractivity contribution is 8.18. The number of ether oxygens (including phenoxy) is 2. The van der Waals surface area contributed by atoms with Gasteiger partial charge in [0.15, 0.2) is 0 Å². The molecule has 6 heteroatoms. The molecule has 5 nitrogen and oxygen atoms in total. The van der Waals surface area contributed by atoms with E-state index >= 15 is 0 Å². The van der Waals surface area contributed by atoms with Crippen molar-refractivity contribution >= 4 is 39.8 Å². The molecule has 0 spiro atoms. The normalized spacial score (nSPS) is 15.4. The van der Waals surface area contributed by atoms with Crippen LogP contribution in [0.15, 0.2) is 71.6 Å². The van der Waals surface area contributed by atoms with E-state index in [4.69, 9.17) is 9.47 Å². The summed E-state index contributed by atoms with van der Waals surface area (Å²) in [4.78, 5) is 26.2. The lowest BCUT2D eigenvalue weighted by molar-refractivity contribution is -0.123. The zero-order chi connectivity index (χ0) is 20.9. The first-order valence-corrected chi connectivity index (χ1v) is 10.4. The lowest BCUT2D eigenvalue weighted by Crippen LogP contribution is -2.31. The molecule has 4 rings (SSSR count). The zero-order valence-electron chi connectivity index (χ0n) is 16.5. The monoisotopic (exact) mass is 419 g/mol. The lowest BCUT2D eigenvalue weighted by atomic mass is 10.1. The number of hydrogen-bond acceptors (Lipinski definition) is 5. The van der Waals surface area contributed by atoms with Gasteiger partial charge < -0.3 is 9.47 Å². The van der Waals surface area contributed by atoms with Crippen LogP contribution in [-0.4, -0.2) is 36.3 Å². The van der Waals surface area contributed by atoms with E-state index in [2.05, 4.69) is 24.3 Å². The van der Waals surface area contributed by atoms with Crippen LogP contribution in [0.4, 0.5) is 4.79 Å². The van der Waals surface area contributed by atoms with Gasteiger partial charge in [0.1, 0.15) is 12.4 Å². The quantitative estimate of drug-likeness (QED) is 0.499. The van der Waals surface area contributed by atoms with Crippen molar-refractivity contribution in [3.63, 3.8) is 0 Å². The molecule has 0 bridgehead atoms. The zero-order valence-corrected chi connectivity index (χ0v) is 17.4. The van der Waals surface area contributed by atoms with E-state index in [9.17, 15) is 9.59 Å². The fourth-order valence-corrected chi connectivity index (χ4v) is 4.17. The highest BCUT2D eigenvalue weighted by Crippen LogP contribution is 2.32. The molecule has 30 heavy (non-hydrogen) atoms. The summed E-state index contributed by atoms with van der Waals surface area (Å²) in [5.74, 6) is 0.416. The largest absolute Gasteiger partial charge is 0.489 e. The molecule has 0 radical (unpaired) electrons. The Morgan fingerprint density at radius 2 is 1.80 bits per heavy atom. The topological polar surface area (TPSA) is 55.8 Å². The lowest BCUT2D eigenvalue weighted by Gasteiger charge is -2.11. The van der Waals surface area contributed by atoms with Gasteiger partial charge in [0.2, 0.25) is 0 Å². The molecule has 1 aliphatic rings. The molecule has 0 unspecified atom stereocenters. The molecule has 1 fully saturated rings. The summed E-state index contributed by atoms with van der Waals surface area (Å²) in [6.45, 7) is 1.02. The van der Waals surface area contributed by atoms with Gasteiger partial charge in [-0.05, 0) is 51.9 Å². The van der Waals surface area contributed by atoms with Crippen LogP contribution in [0.25, 0.3) is 16.8 Å². The van der Waals surface area contributed by atoms with Gasteiger partial charge in [-0.3, -0.25) is 14.5 Å². The van der Waals surface area contributed by atoms with Crippen LogP contribution < -0.4 is 4.74 Å². The molecule has 0 saturated carbocycles. The fourth-order valence-electron chi connectivity index (χ4n) is 3.30. The number of imide groups is 1. The summed E-state index contributed by atoms with van der Waals surface area (Å²) >= 11 is 0.947. The third-order valence-corrected chi connectivity index (χ3v) is 5.73. The summed E-state index contributed by atoms with van der Waals surface area (Å²) in [7, 11) is 1.54. The van der Waals surface area contributed by atoms with E-state index in [0.29, 0.717) is 23.9 Å². The first-order valence-electron chi connectivity index (χ1n) is 9.59. The molecular formula is C24H21NO4S. The predicted molar refractivity (Wildman–Crippen MR) is 119 cm³/mol. The first kappa shape index (κ1) is 20.2. The van der Waals surface area contributed by atoms with Crippen molar-refractivity contribution in [3.05, 3.63) is 82.8 Å². The summed E-state index contributed by atoms with van der Waals surface area (Å²) < 4.78 is 11.0. The fraction of sp³-hybridized carbons (Fsp3) is 0.167. The Morgan fingerprint density at radius 1 is 1.00 bits per heavy atom. The number of hydrogen-bond donors (Lipinski definition) is 0. The number of carbonyl (C=O) groups excluding carboxylic acids is 2. The Morgan fingerprint density at radius 3 is 2.67 bits per heavy atom. The summed E-state index contributed by atoms with van der Waals surface area (Å²) in [5, 5.41) is 2.07. The minimum atomic E-state index is -0.288. The molecule has 3 aromatic rings. The molecule has 1 aliphatic heterocycles. The number of carbonyl (C=O) groups is 2. The second-order valence-electron chi connectivity index (χ2n) is 6.83. The van der Waals surface area contributed by atoms with Crippen LogP contribution in [-0.2, 0) is 16.1 Å². The van der Waals surface area contributed by atoms with E-state index in [-0.39, 0.29) is 17.7 Å². The van der Waals surface area contributed by atoms with Crippen molar-refractivity contribution in [2.45, 2.75) is 6.61 Å². The minimum absolute atomic E-state index is 0.257. The van der Waals surface area contributed by atoms with Crippen molar-refractivity contribution in [3.8, 4) is 5.75 Å². The van der Waals surface area contributed by atoms with Crippen molar-refractivity contribution < 1.29 is 19.1 Å². The van der Waals surface area contributed by atoms with Gasteiger partial charge >= 0.3 is 0 Å². The smallest absolute Gasteiger partial charge is 0.293 e. The van der Waals surface area contributed by atoms with E-state index in [1.54, 1.807) is 13.2 Å². The van der Waals surface area contributed by atoms with E-state index < -0.39 is 0 Å². The Bertz CT molecular complexity index is 1120. The maximum absolute atomic E-state index is 12.5. The standard InChI is InChI=1S/C24H21NO4S/c1-28-13-12-25-23(26)22(30-24(25)27)15-17-6-4-10-20(14-17)29-16-19-9-5-8-18-7-2-3-11-21(18)19/h2-11,14-15H,12-13,16H2,1H3/b22-15+. The number of nitrogens with zero attached hydrogens (tertiary/aromatic N) is 1. The number of methoxy groups -OCH3 is 1. The van der Waals surface area contributed by atoms with Crippen LogP contribution >= 0.6 is 11.8 Å². The van der Waals surface area contributed by atoms with Gasteiger partial charge in [-0.2, -0.15) is 0 Å². The molecule has 0 aromatic heterocycles. The van der Waals surface area contributed by atoms with E-state index in [0.717, 1.165) is 22.9 Å². The van der Waals surface area contributed by atoms with Gasteiger partial charge in [-0.25, -0.2) is 0 Å². The molecule has 3 aromatic carbocycles. The Balaban J connectivity index is 1.49. The van der Waals surface area contributed by atoms with E-state index in [1.807, 2.05) is 42.5 Å². The van der Waals surface area contributed by atoms with Crippen LogP contribution in [0, 0.1) is 0 Å². The number of amides is 2. The van der Waals surface area contributed by atoms with Crippen molar-refractivity contribution in [2.24, 2.45) is 0 Å². The minimum Gasteiger partial charge on any atom is -0.489 e. The molecule has 2 amide bonds. The highest BCUT2D eigenvalue weighted by Gasteiger charge is 2.34. The number of rotatable bonds is 7. The number of fused-ring (bicyclic) bond motifs is 1. The maximum atomic E-state index is 12.5. The highest BCUT2D eigenvalue weighted by atomic mass is 32.2. The van der Waals surface area contributed by atoms with Crippen molar-refractivity contribution in [1.82, 2.24) is 4.90 Å². The molecule has 1 heterocycles. The maximum Gasteiger partial charge on any atom is 0.293 e. The van der Waals surface area contributed by atoms with Crippen LogP contribution in [0.1, 0.15) is 11.1 Å². The molecule has 0 N–H and O–H groups in total. The third kappa shape index (κ3) is 4.40. The Labute approximate surface area is 179 Å². The van der Waals surface area contributed by atoms with Gasteiger partial charge in [0.25, 0.3) is 11.1 Å². The second kappa shape index (κ2) is 9.15. The Kier molecular flexibility index (Phi) is 6.16. The average Bonchev–Trinajstić information content (AvgIpc) is 3.03. The van der Waals surface area contributed by atoms with Gasteiger partial charge in [-0.15, -0.1) is 0 Å². The molecule has 0 atom stereocenters. The second-order valence-corrected chi connectivity index (χ2v) is 7.82. The molecular weight excluding hydrogens is 398 g/mol. The summed E-state index contributed by atoms with van der Waals surface area (Å²) in [6, 6.07) is 21.9. The van der Waals surface area contributed by atoms with Gasteiger partial charge in [0.05, 0.1) is 18.1 Å². The molecule has 0 aliphatic carbocycles. The van der Waals surface area contributed by atoms with Gasteiger partial charge in [0, 0.05) is 7.11 Å². The Hall–Kier alpha value is -3.09. The number of thioether (sulfide) groups is 1. The van der Waals surface area contributed by atoms with Crippen LogP contribution in [0.5, 0.6) is 5.75 Å². The van der Waals surface area contributed by atoms with Crippen molar-refractivity contribution in [2.75, 3.05) is 20.3 Å². The predicted octanol–water partition coefficient (Wildman–Crippen LogP) is 5.10.